The van der Waals surface area contributed by atoms with Crippen LogP contribution in [0.1, 0.15) is 16.1 Å². The van der Waals surface area contributed by atoms with Gasteiger partial charge in [-0.05, 0) is 31.2 Å². The third-order valence-corrected chi connectivity index (χ3v) is 6.07. The topological polar surface area (TPSA) is 68.0 Å². The van der Waals surface area contributed by atoms with Gasteiger partial charge in [-0.3, -0.25) is 10.1 Å². The number of benzene rings is 2. The number of carbonyl (C=O) groups is 1. The van der Waals surface area contributed by atoms with E-state index in [2.05, 4.69) is 31.4 Å². The fraction of sp³-hybridized carbons (Fsp3) is 0.0500. The molecular weight excluding hydrogens is 497 g/mol. The molecule has 0 saturated heterocycles. The molecule has 9 heteroatoms. The van der Waals surface area contributed by atoms with E-state index in [1.54, 1.807) is 25.1 Å². The fourth-order valence-corrected chi connectivity index (χ4v) is 4.33. The lowest BCUT2D eigenvalue weighted by molar-refractivity contribution is 0.102. The molecule has 4 aromatic rings. The van der Waals surface area contributed by atoms with E-state index in [9.17, 15) is 4.79 Å². The number of nitrogens with zero attached hydrogens (tertiary/aromatic N) is 2. The van der Waals surface area contributed by atoms with E-state index in [4.69, 9.17) is 27.7 Å². The molecule has 1 N–H and O–H groups in total. The monoisotopic (exact) mass is 507 g/mol. The number of amides is 1. The summed E-state index contributed by atoms with van der Waals surface area (Å²) in [6.07, 6.45) is 0. The molecule has 0 unspecified atom stereocenters. The Bertz CT molecular complexity index is 1180. The second kappa shape index (κ2) is 8.28. The van der Waals surface area contributed by atoms with Crippen LogP contribution in [-0.2, 0) is 0 Å². The number of hydrogen-bond acceptors (Lipinski definition) is 5. The van der Waals surface area contributed by atoms with Crippen LogP contribution in [0.4, 0.5) is 5.13 Å². The predicted octanol–water partition coefficient (Wildman–Crippen LogP) is 7.10. The highest BCUT2D eigenvalue weighted by Gasteiger charge is 2.25. The lowest BCUT2D eigenvalue weighted by Crippen LogP contribution is -2.13. The van der Waals surface area contributed by atoms with Crippen molar-refractivity contribution < 1.29 is 9.32 Å². The maximum Gasteiger partial charge on any atom is 0.263 e. The molecule has 2 heterocycles. The highest BCUT2D eigenvalue weighted by Crippen LogP contribution is 2.37. The standard InChI is InChI=1S/C20H12BrCl2N3O2S/c1-10-16(18(26-28-10)17-13(22)3-2-4-14(17)23)19(27)25-20-24-15(9-29-20)11-5-7-12(21)8-6-11/h2-9H,1H3,(H,24,25,27). The first-order valence-electron chi connectivity index (χ1n) is 8.37. The van der Waals surface area contributed by atoms with Crippen molar-refractivity contribution in [2.45, 2.75) is 6.92 Å². The minimum absolute atomic E-state index is 0.264. The van der Waals surface area contributed by atoms with Gasteiger partial charge < -0.3 is 4.52 Å². The minimum Gasteiger partial charge on any atom is -0.360 e. The number of aromatic nitrogens is 2. The number of nitrogens with one attached hydrogen (secondary N) is 1. The molecule has 146 valence electrons. The third kappa shape index (κ3) is 4.09. The van der Waals surface area contributed by atoms with Gasteiger partial charge in [0.2, 0.25) is 0 Å². The third-order valence-electron chi connectivity index (χ3n) is 4.15. The molecular formula is C20H12BrCl2N3O2S. The minimum atomic E-state index is -0.397. The second-order valence-electron chi connectivity index (χ2n) is 6.06. The molecule has 0 saturated carbocycles. The van der Waals surface area contributed by atoms with Crippen molar-refractivity contribution in [2.75, 3.05) is 5.32 Å². The number of halogens is 3. The Morgan fingerprint density at radius 1 is 1.14 bits per heavy atom. The van der Waals surface area contributed by atoms with Gasteiger partial charge >= 0.3 is 0 Å². The zero-order valence-corrected chi connectivity index (χ0v) is 18.8. The molecule has 0 atom stereocenters. The van der Waals surface area contributed by atoms with Gasteiger partial charge in [-0.1, -0.05) is 62.5 Å². The van der Waals surface area contributed by atoms with Crippen molar-refractivity contribution in [3.63, 3.8) is 0 Å². The summed E-state index contributed by atoms with van der Waals surface area (Å²) in [4.78, 5) is 17.5. The summed E-state index contributed by atoms with van der Waals surface area (Å²) in [7, 11) is 0. The van der Waals surface area contributed by atoms with Crippen LogP contribution in [0, 0.1) is 6.92 Å². The Morgan fingerprint density at radius 2 is 1.83 bits per heavy atom. The molecule has 0 radical (unpaired) electrons. The van der Waals surface area contributed by atoms with E-state index in [0.717, 1.165) is 15.7 Å². The summed E-state index contributed by atoms with van der Waals surface area (Å²) < 4.78 is 6.24. The van der Waals surface area contributed by atoms with E-state index in [1.807, 2.05) is 29.6 Å². The first-order valence-corrected chi connectivity index (χ1v) is 10.8. The van der Waals surface area contributed by atoms with Crippen LogP contribution in [0.2, 0.25) is 10.0 Å². The molecule has 0 bridgehead atoms. The van der Waals surface area contributed by atoms with Gasteiger partial charge in [0.05, 0.1) is 15.7 Å². The van der Waals surface area contributed by atoms with Crippen molar-refractivity contribution in [1.29, 1.82) is 0 Å². The Morgan fingerprint density at radius 3 is 2.52 bits per heavy atom. The van der Waals surface area contributed by atoms with Gasteiger partial charge in [-0.15, -0.1) is 11.3 Å². The average Bonchev–Trinajstić information content (AvgIpc) is 3.29. The summed E-state index contributed by atoms with van der Waals surface area (Å²) in [6, 6.07) is 12.9. The van der Waals surface area contributed by atoms with Gasteiger partial charge in [0.1, 0.15) is 17.0 Å². The number of aryl methyl sites for hydroxylation is 1. The van der Waals surface area contributed by atoms with Crippen LogP contribution >= 0.6 is 50.5 Å². The van der Waals surface area contributed by atoms with Crippen LogP contribution < -0.4 is 5.32 Å². The molecule has 5 nitrogen and oxygen atoms in total. The zero-order chi connectivity index (χ0) is 20.5. The Hall–Kier alpha value is -2.19. The first kappa shape index (κ1) is 20.1. The van der Waals surface area contributed by atoms with Gasteiger partial charge in [0.15, 0.2) is 5.13 Å². The quantitative estimate of drug-likeness (QED) is 0.319. The van der Waals surface area contributed by atoms with Crippen molar-refractivity contribution >= 4 is 61.5 Å². The normalized spacial score (nSPS) is 10.9. The van der Waals surface area contributed by atoms with Gasteiger partial charge in [0, 0.05) is 21.0 Å². The average molecular weight is 509 g/mol. The van der Waals surface area contributed by atoms with E-state index in [0.29, 0.717) is 32.2 Å². The lowest BCUT2D eigenvalue weighted by atomic mass is 10.1. The van der Waals surface area contributed by atoms with Crippen molar-refractivity contribution in [3.05, 3.63) is 73.7 Å². The van der Waals surface area contributed by atoms with Gasteiger partial charge in [-0.2, -0.15) is 0 Å². The summed E-state index contributed by atoms with van der Waals surface area (Å²) >= 11 is 17.3. The molecule has 0 spiro atoms. The van der Waals surface area contributed by atoms with E-state index in [-0.39, 0.29) is 5.56 Å². The predicted molar refractivity (Wildman–Crippen MR) is 120 cm³/mol. The Labute approximate surface area is 188 Å². The van der Waals surface area contributed by atoms with Crippen molar-refractivity contribution in [2.24, 2.45) is 0 Å². The SMILES string of the molecule is Cc1onc(-c2c(Cl)cccc2Cl)c1C(=O)Nc1nc(-c2ccc(Br)cc2)cs1. The number of anilines is 1. The van der Waals surface area contributed by atoms with Gasteiger partial charge in [-0.25, -0.2) is 4.98 Å². The van der Waals surface area contributed by atoms with Crippen LogP contribution in [0.3, 0.4) is 0 Å². The zero-order valence-electron chi connectivity index (χ0n) is 14.9. The summed E-state index contributed by atoms with van der Waals surface area (Å²) in [6.45, 7) is 1.66. The molecule has 0 aliphatic heterocycles. The van der Waals surface area contributed by atoms with Crippen molar-refractivity contribution in [1.82, 2.24) is 10.1 Å². The maximum absolute atomic E-state index is 13.0. The van der Waals surface area contributed by atoms with E-state index >= 15 is 0 Å². The van der Waals surface area contributed by atoms with Crippen molar-refractivity contribution in [3.8, 4) is 22.5 Å². The van der Waals surface area contributed by atoms with Crippen LogP contribution in [0.5, 0.6) is 0 Å². The largest absolute Gasteiger partial charge is 0.360 e. The molecule has 0 aliphatic carbocycles. The highest BCUT2D eigenvalue weighted by molar-refractivity contribution is 9.10. The number of rotatable bonds is 4. The Kier molecular flexibility index (Phi) is 5.74. The lowest BCUT2D eigenvalue weighted by Gasteiger charge is -2.06. The van der Waals surface area contributed by atoms with Crippen LogP contribution in [0.15, 0.2) is 56.8 Å². The Balaban J connectivity index is 1.64. The molecule has 4 rings (SSSR count). The first-order chi connectivity index (χ1) is 13.9. The number of carbonyl (C=O) groups excluding carboxylic acids is 1. The molecule has 0 fully saturated rings. The van der Waals surface area contributed by atoms with Crippen LogP contribution in [0.25, 0.3) is 22.5 Å². The van der Waals surface area contributed by atoms with E-state index < -0.39 is 5.91 Å². The fourth-order valence-electron chi connectivity index (χ4n) is 2.78. The number of hydrogen-bond donors (Lipinski definition) is 1. The maximum atomic E-state index is 13.0. The summed E-state index contributed by atoms with van der Waals surface area (Å²) in [5, 5.41) is 9.92. The highest BCUT2D eigenvalue weighted by atomic mass is 79.9. The molecule has 2 aromatic heterocycles. The smallest absolute Gasteiger partial charge is 0.263 e. The van der Waals surface area contributed by atoms with Gasteiger partial charge in [0.25, 0.3) is 5.91 Å². The number of thiazole rings is 1. The summed E-state index contributed by atoms with van der Waals surface area (Å²) in [5.41, 5.74) is 2.73. The second-order valence-corrected chi connectivity index (χ2v) is 8.65. The molecule has 29 heavy (non-hydrogen) atoms. The molecule has 0 aliphatic rings. The van der Waals surface area contributed by atoms with Crippen LogP contribution in [-0.4, -0.2) is 16.0 Å². The van der Waals surface area contributed by atoms with E-state index in [1.165, 1.54) is 11.3 Å². The molecule has 1 amide bonds. The molecule has 2 aromatic carbocycles. The summed E-state index contributed by atoms with van der Waals surface area (Å²) in [5.74, 6) is -0.0374.